The highest BCUT2D eigenvalue weighted by Crippen LogP contribution is 2.47. The number of benzene rings is 2. The SMILES string of the molecule is CC(C)C1N(C(=O)C(F)F)C(=O)OC1(c1ccccc1)c1ccccc1. The van der Waals surface area contributed by atoms with Crippen molar-refractivity contribution < 1.29 is 23.1 Å². The first-order valence-corrected chi connectivity index (χ1v) is 8.35. The predicted molar refractivity (Wildman–Crippen MR) is 91.6 cm³/mol. The summed E-state index contributed by atoms with van der Waals surface area (Å²) in [6.07, 6.45) is -4.34. The Labute approximate surface area is 150 Å². The summed E-state index contributed by atoms with van der Waals surface area (Å²) in [6.45, 7) is 3.55. The zero-order valence-corrected chi connectivity index (χ0v) is 14.4. The molecule has 0 saturated carbocycles. The fourth-order valence-corrected chi connectivity index (χ4v) is 3.64. The fraction of sp³-hybridized carbons (Fsp3) is 0.300. The van der Waals surface area contributed by atoms with E-state index in [0.717, 1.165) is 0 Å². The van der Waals surface area contributed by atoms with E-state index >= 15 is 0 Å². The van der Waals surface area contributed by atoms with Gasteiger partial charge in [-0.2, -0.15) is 8.78 Å². The molecule has 1 unspecified atom stereocenters. The molecule has 1 heterocycles. The minimum atomic E-state index is -3.29. The number of alkyl halides is 2. The molecule has 2 aromatic rings. The Balaban J connectivity index is 2.27. The molecular weight excluding hydrogens is 340 g/mol. The van der Waals surface area contributed by atoms with Gasteiger partial charge in [0.25, 0.3) is 5.91 Å². The maximum atomic E-state index is 13.1. The van der Waals surface area contributed by atoms with Gasteiger partial charge in [-0.15, -0.1) is 0 Å². The highest BCUT2D eigenvalue weighted by atomic mass is 19.3. The van der Waals surface area contributed by atoms with E-state index in [9.17, 15) is 18.4 Å². The third-order valence-electron chi connectivity index (χ3n) is 4.60. The lowest BCUT2D eigenvalue weighted by Gasteiger charge is -2.37. The molecule has 6 heteroatoms. The number of rotatable bonds is 4. The van der Waals surface area contributed by atoms with Gasteiger partial charge in [0.15, 0.2) is 5.60 Å². The van der Waals surface area contributed by atoms with Crippen molar-refractivity contribution in [1.29, 1.82) is 0 Å². The minimum absolute atomic E-state index is 0.315. The Morgan fingerprint density at radius 2 is 1.46 bits per heavy atom. The molecule has 0 radical (unpaired) electrons. The average molecular weight is 359 g/mol. The number of carbonyl (C=O) groups excluding carboxylic acids is 2. The molecule has 0 aromatic heterocycles. The first-order valence-electron chi connectivity index (χ1n) is 8.35. The van der Waals surface area contributed by atoms with Crippen molar-refractivity contribution in [3.05, 3.63) is 71.8 Å². The van der Waals surface area contributed by atoms with E-state index in [1.807, 2.05) is 12.1 Å². The van der Waals surface area contributed by atoms with Gasteiger partial charge in [-0.1, -0.05) is 74.5 Å². The molecule has 4 nitrogen and oxygen atoms in total. The lowest BCUT2D eigenvalue weighted by atomic mass is 9.75. The molecular formula is C20H19F2NO3. The molecule has 3 rings (SSSR count). The first-order chi connectivity index (χ1) is 12.4. The third-order valence-corrected chi connectivity index (χ3v) is 4.60. The van der Waals surface area contributed by atoms with E-state index in [1.165, 1.54) is 0 Å². The quantitative estimate of drug-likeness (QED) is 0.822. The predicted octanol–water partition coefficient (Wildman–Crippen LogP) is 4.20. The van der Waals surface area contributed by atoms with Crippen LogP contribution in [0.1, 0.15) is 25.0 Å². The van der Waals surface area contributed by atoms with Crippen LogP contribution in [0.3, 0.4) is 0 Å². The van der Waals surface area contributed by atoms with Gasteiger partial charge in [0.1, 0.15) is 0 Å². The summed E-state index contributed by atoms with van der Waals surface area (Å²) < 4.78 is 32.0. The normalized spacial score (nSPS) is 19.1. The zero-order chi connectivity index (χ0) is 18.9. The van der Waals surface area contributed by atoms with Crippen molar-refractivity contribution in [2.45, 2.75) is 31.9 Å². The highest BCUT2D eigenvalue weighted by molar-refractivity contribution is 5.96. The minimum Gasteiger partial charge on any atom is -0.430 e. The number of nitrogens with zero attached hydrogens (tertiary/aromatic N) is 1. The Kier molecular flexibility index (Phi) is 4.76. The standard InChI is InChI=1S/C20H19F2NO3/c1-13(2)16-20(14-9-5-3-6-10-14,15-11-7-4-8-12-15)26-19(25)23(16)18(24)17(21)22/h3-13,16-17H,1-2H3. The summed E-state index contributed by atoms with van der Waals surface area (Å²) >= 11 is 0. The van der Waals surface area contributed by atoms with Crippen LogP contribution in [-0.2, 0) is 15.1 Å². The van der Waals surface area contributed by atoms with Crippen molar-refractivity contribution in [2.75, 3.05) is 0 Å². The zero-order valence-electron chi connectivity index (χ0n) is 14.4. The first kappa shape index (κ1) is 18.0. The number of ether oxygens (including phenoxy) is 1. The summed E-state index contributed by atoms with van der Waals surface area (Å²) in [4.78, 5) is 25.2. The molecule has 0 bridgehead atoms. The van der Waals surface area contributed by atoms with Crippen LogP contribution in [0, 0.1) is 5.92 Å². The second-order valence-corrected chi connectivity index (χ2v) is 6.53. The number of hydrogen-bond acceptors (Lipinski definition) is 3. The second-order valence-electron chi connectivity index (χ2n) is 6.53. The van der Waals surface area contributed by atoms with Crippen molar-refractivity contribution in [2.24, 2.45) is 5.92 Å². The van der Waals surface area contributed by atoms with E-state index in [1.54, 1.807) is 62.4 Å². The fourth-order valence-electron chi connectivity index (χ4n) is 3.64. The van der Waals surface area contributed by atoms with Crippen molar-refractivity contribution in [3.8, 4) is 0 Å². The molecule has 1 atom stereocenters. The van der Waals surface area contributed by atoms with E-state index < -0.39 is 30.1 Å². The average Bonchev–Trinajstić information content (AvgIpc) is 2.96. The van der Waals surface area contributed by atoms with Crippen LogP contribution in [0.2, 0.25) is 0 Å². The summed E-state index contributed by atoms with van der Waals surface area (Å²) in [5.74, 6) is -1.85. The monoisotopic (exact) mass is 359 g/mol. The molecule has 2 amide bonds. The molecule has 26 heavy (non-hydrogen) atoms. The molecule has 1 saturated heterocycles. The van der Waals surface area contributed by atoms with Crippen molar-refractivity contribution >= 4 is 12.0 Å². The van der Waals surface area contributed by atoms with E-state index in [2.05, 4.69) is 0 Å². The second kappa shape index (κ2) is 6.86. The molecule has 1 aliphatic heterocycles. The summed E-state index contributed by atoms with van der Waals surface area (Å²) in [6, 6.07) is 16.9. The highest BCUT2D eigenvalue weighted by Gasteiger charge is 2.60. The Hall–Kier alpha value is -2.76. The number of halogens is 2. The third kappa shape index (κ3) is 2.75. The van der Waals surface area contributed by atoms with Crippen LogP contribution in [0.25, 0.3) is 0 Å². The van der Waals surface area contributed by atoms with Crippen LogP contribution in [0.5, 0.6) is 0 Å². The van der Waals surface area contributed by atoms with Gasteiger partial charge >= 0.3 is 12.5 Å². The van der Waals surface area contributed by atoms with Gasteiger partial charge in [0.05, 0.1) is 6.04 Å². The number of cyclic esters (lactones) is 1. The van der Waals surface area contributed by atoms with Crippen LogP contribution < -0.4 is 0 Å². The number of carbonyl (C=O) groups is 2. The Morgan fingerprint density at radius 3 is 1.85 bits per heavy atom. The van der Waals surface area contributed by atoms with Crippen LogP contribution in [-0.4, -0.2) is 29.4 Å². The molecule has 0 spiro atoms. The largest absolute Gasteiger partial charge is 0.430 e. The number of hydrogen-bond donors (Lipinski definition) is 0. The molecule has 0 N–H and O–H groups in total. The maximum Gasteiger partial charge on any atom is 0.418 e. The van der Waals surface area contributed by atoms with Gasteiger partial charge in [-0.25, -0.2) is 9.69 Å². The van der Waals surface area contributed by atoms with E-state index in [0.29, 0.717) is 16.0 Å². The molecule has 136 valence electrons. The van der Waals surface area contributed by atoms with E-state index in [4.69, 9.17) is 4.74 Å². The molecule has 0 aliphatic carbocycles. The molecule has 2 aromatic carbocycles. The molecule has 1 aliphatic rings. The van der Waals surface area contributed by atoms with E-state index in [-0.39, 0.29) is 5.92 Å². The van der Waals surface area contributed by atoms with Crippen LogP contribution >= 0.6 is 0 Å². The summed E-state index contributed by atoms with van der Waals surface area (Å²) in [7, 11) is 0. The van der Waals surface area contributed by atoms with Gasteiger partial charge < -0.3 is 4.74 Å². The topological polar surface area (TPSA) is 46.6 Å². The van der Waals surface area contributed by atoms with Gasteiger partial charge in [-0.05, 0) is 5.92 Å². The Bertz CT molecular complexity index is 754. The maximum absolute atomic E-state index is 13.1. The summed E-state index contributed by atoms with van der Waals surface area (Å²) in [5, 5.41) is 0. The van der Waals surface area contributed by atoms with Crippen LogP contribution in [0.4, 0.5) is 13.6 Å². The lowest BCUT2D eigenvalue weighted by molar-refractivity contribution is -0.141. The smallest absolute Gasteiger partial charge is 0.418 e. The van der Waals surface area contributed by atoms with Crippen molar-refractivity contribution in [3.63, 3.8) is 0 Å². The molecule has 1 fully saturated rings. The van der Waals surface area contributed by atoms with Crippen molar-refractivity contribution in [1.82, 2.24) is 4.90 Å². The Morgan fingerprint density at radius 1 is 1.00 bits per heavy atom. The summed E-state index contributed by atoms with van der Waals surface area (Å²) in [5.41, 5.74) is -0.0937. The number of amides is 2. The van der Waals surface area contributed by atoms with Crippen LogP contribution in [0.15, 0.2) is 60.7 Å². The van der Waals surface area contributed by atoms with Gasteiger partial charge in [-0.3, -0.25) is 4.79 Å². The van der Waals surface area contributed by atoms with Gasteiger partial charge in [0.2, 0.25) is 0 Å². The van der Waals surface area contributed by atoms with Gasteiger partial charge in [0, 0.05) is 11.1 Å². The number of imide groups is 1. The lowest BCUT2D eigenvalue weighted by Crippen LogP contribution is -2.51.